The highest BCUT2D eigenvalue weighted by molar-refractivity contribution is 6.04. The Hall–Kier alpha value is -2.93. The van der Waals surface area contributed by atoms with Crippen molar-refractivity contribution in [3.05, 3.63) is 53.7 Å². The van der Waals surface area contributed by atoms with Gasteiger partial charge >= 0.3 is 0 Å². The van der Waals surface area contributed by atoms with Crippen molar-refractivity contribution in [3.63, 3.8) is 0 Å². The molecule has 3 heterocycles. The molecule has 3 aromatic rings. The van der Waals surface area contributed by atoms with Crippen molar-refractivity contribution in [1.82, 2.24) is 14.6 Å². The predicted molar refractivity (Wildman–Crippen MR) is 114 cm³/mol. The first kappa shape index (κ1) is 19.4. The number of aliphatic hydroxyl groups excluding tert-OH is 1. The molecule has 0 spiro atoms. The van der Waals surface area contributed by atoms with E-state index in [9.17, 15) is 9.90 Å². The standard InChI is InChI=1S/C22H27N5O2/c1-22(2,3)16-8-6-15(7-9-16)21(29)25-18-13-20(26-12-4-5-17(26)14-28)27-19(24-18)10-11-23-27/h6-11,13,17,28H,4-5,12,14H2,1-3H3,(H,24,25,29)/t17-/m0/s1. The zero-order valence-corrected chi connectivity index (χ0v) is 17.1. The largest absolute Gasteiger partial charge is 0.394 e. The van der Waals surface area contributed by atoms with Gasteiger partial charge in [-0.2, -0.15) is 9.61 Å². The van der Waals surface area contributed by atoms with Crippen molar-refractivity contribution in [2.45, 2.75) is 45.1 Å². The first-order valence-corrected chi connectivity index (χ1v) is 10.0. The van der Waals surface area contributed by atoms with Crippen molar-refractivity contribution >= 4 is 23.2 Å². The number of fused-ring (bicyclic) bond motifs is 1. The summed E-state index contributed by atoms with van der Waals surface area (Å²) in [4.78, 5) is 19.4. The number of nitrogens with zero attached hydrogens (tertiary/aromatic N) is 4. The lowest BCUT2D eigenvalue weighted by atomic mass is 9.87. The summed E-state index contributed by atoms with van der Waals surface area (Å²) in [6.07, 6.45) is 3.63. The second-order valence-electron chi connectivity index (χ2n) is 8.55. The number of aliphatic hydroxyl groups is 1. The van der Waals surface area contributed by atoms with Crippen LogP contribution >= 0.6 is 0 Å². The second-order valence-corrected chi connectivity index (χ2v) is 8.55. The van der Waals surface area contributed by atoms with Gasteiger partial charge < -0.3 is 15.3 Å². The Kier molecular flexibility index (Phi) is 5.00. The molecule has 1 fully saturated rings. The molecule has 7 heteroatoms. The molecular weight excluding hydrogens is 366 g/mol. The zero-order valence-electron chi connectivity index (χ0n) is 17.1. The summed E-state index contributed by atoms with van der Waals surface area (Å²) >= 11 is 0. The summed E-state index contributed by atoms with van der Waals surface area (Å²) in [6, 6.07) is 11.4. The Morgan fingerprint density at radius 3 is 2.69 bits per heavy atom. The van der Waals surface area contributed by atoms with Crippen LogP contribution in [0.5, 0.6) is 0 Å². The van der Waals surface area contributed by atoms with Crippen LogP contribution < -0.4 is 10.2 Å². The lowest BCUT2D eigenvalue weighted by Crippen LogP contribution is -2.33. The average molecular weight is 393 g/mol. The average Bonchev–Trinajstić information content (AvgIpc) is 3.35. The Balaban J connectivity index is 1.62. The van der Waals surface area contributed by atoms with Crippen LogP contribution in [0.4, 0.5) is 11.6 Å². The van der Waals surface area contributed by atoms with E-state index in [2.05, 4.69) is 41.1 Å². The maximum Gasteiger partial charge on any atom is 0.256 e. The van der Waals surface area contributed by atoms with Gasteiger partial charge in [-0.15, -0.1) is 0 Å². The van der Waals surface area contributed by atoms with Gasteiger partial charge in [-0.3, -0.25) is 4.79 Å². The fourth-order valence-electron chi connectivity index (χ4n) is 3.80. The Labute approximate surface area is 170 Å². The molecule has 2 N–H and O–H groups in total. The number of carbonyl (C=O) groups excluding carboxylic acids is 1. The van der Waals surface area contributed by atoms with Gasteiger partial charge in [-0.25, -0.2) is 4.98 Å². The number of hydrogen-bond donors (Lipinski definition) is 2. The normalized spacial score (nSPS) is 17.1. The summed E-state index contributed by atoms with van der Waals surface area (Å²) < 4.78 is 1.75. The number of rotatable bonds is 4. The van der Waals surface area contributed by atoms with Crippen LogP contribution in [0.25, 0.3) is 5.65 Å². The van der Waals surface area contributed by atoms with Gasteiger partial charge in [0.15, 0.2) is 5.65 Å². The number of anilines is 2. The molecule has 1 saturated heterocycles. The van der Waals surface area contributed by atoms with Crippen molar-refractivity contribution < 1.29 is 9.90 Å². The molecule has 2 aromatic heterocycles. The fourth-order valence-corrected chi connectivity index (χ4v) is 3.80. The Morgan fingerprint density at radius 2 is 2.00 bits per heavy atom. The van der Waals surface area contributed by atoms with Crippen molar-refractivity contribution in [1.29, 1.82) is 0 Å². The maximum atomic E-state index is 12.8. The van der Waals surface area contributed by atoms with Crippen LogP contribution in [0.1, 0.15) is 49.5 Å². The SMILES string of the molecule is CC(C)(C)c1ccc(C(=O)Nc2cc(N3CCC[C@H]3CO)n3nccc3n2)cc1. The first-order valence-electron chi connectivity index (χ1n) is 10.0. The van der Waals surface area contributed by atoms with Crippen LogP contribution in [0.2, 0.25) is 0 Å². The number of carbonyl (C=O) groups is 1. The van der Waals surface area contributed by atoms with Gasteiger partial charge in [-0.1, -0.05) is 32.9 Å². The summed E-state index contributed by atoms with van der Waals surface area (Å²) in [5, 5.41) is 17.0. The van der Waals surface area contributed by atoms with Gasteiger partial charge in [0.2, 0.25) is 0 Å². The Bertz CT molecular complexity index is 1020. The monoisotopic (exact) mass is 393 g/mol. The maximum absolute atomic E-state index is 12.8. The van der Waals surface area contributed by atoms with Gasteiger partial charge in [0.25, 0.3) is 5.91 Å². The quantitative estimate of drug-likeness (QED) is 0.711. The minimum Gasteiger partial charge on any atom is -0.394 e. The zero-order chi connectivity index (χ0) is 20.6. The number of nitrogens with one attached hydrogen (secondary N) is 1. The van der Waals surface area contributed by atoms with Crippen LogP contribution in [0, 0.1) is 0 Å². The van der Waals surface area contributed by atoms with Gasteiger partial charge in [0.1, 0.15) is 11.6 Å². The Morgan fingerprint density at radius 1 is 1.24 bits per heavy atom. The number of aromatic nitrogens is 3. The van der Waals surface area contributed by atoms with Crippen LogP contribution in [0.15, 0.2) is 42.6 Å². The molecule has 29 heavy (non-hydrogen) atoms. The molecule has 7 nitrogen and oxygen atoms in total. The molecule has 1 aliphatic rings. The van der Waals surface area contributed by atoms with E-state index in [1.807, 2.05) is 30.3 Å². The van der Waals surface area contributed by atoms with Gasteiger partial charge in [0.05, 0.1) is 18.8 Å². The third-order valence-electron chi connectivity index (χ3n) is 5.48. The van der Waals surface area contributed by atoms with Crippen LogP contribution in [-0.2, 0) is 5.41 Å². The molecule has 0 bridgehead atoms. The molecule has 1 aromatic carbocycles. The lowest BCUT2D eigenvalue weighted by Gasteiger charge is -2.26. The molecule has 1 amide bonds. The van der Waals surface area contributed by atoms with Crippen molar-refractivity contribution in [2.24, 2.45) is 0 Å². The molecule has 1 atom stereocenters. The molecule has 1 aliphatic heterocycles. The van der Waals surface area contributed by atoms with Gasteiger partial charge in [0, 0.05) is 24.2 Å². The predicted octanol–water partition coefficient (Wildman–Crippen LogP) is 3.24. The van der Waals surface area contributed by atoms with E-state index >= 15 is 0 Å². The number of hydrogen-bond acceptors (Lipinski definition) is 5. The summed E-state index contributed by atoms with van der Waals surface area (Å²) in [5.74, 6) is 1.10. The first-order chi connectivity index (χ1) is 13.9. The van der Waals surface area contributed by atoms with E-state index in [-0.39, 0.29) is 24.0 Å². The second kappa shape index (κ2) is 7.48. The highest BCUT2D eigenvalue weighted by Crippen LogP contribution is 2.28. The third kappa shape index (κ3) is 3.82. The minimum atomic E-state index is -0.201. The number of amides is 1. The van der Waals surface area contributed by atoms with E-state index in [0.29, 0.717) is 17.0 Å². The highest BCUT2D eigenvalue weighted by Gasteiger charge is 2.27. The lowest BCUT2D eigenvalue weighted by molar-refractivity contribution is 0.102. The highest BCUT2D eigenvalue weighted by atomic mass is 16.3. The van der Waals surface area contributed by atoms with E-state index in [0.717, 1.165) is 25.2 Å². The van der Waals surface area contributed by atoms with Gasteiger partial charge in [-0.05, 0) is 36.0 Å². The molecule has 0 saturated carbocycles. The summed E-state index contributed by atoms with van der Waals surface area (Å²) in [6.45, 7) is 7.36. The molecule has 0 unspecified atom stereocenters. The van der Waals surface area contributed by atoms with Crippen LogP contribution in [0.3, 0.4) is 0 Å². The summed E-state index contributed by atoms with van der Waals surface area (Å²) in [5.41, 5.74) is 2.46. The number of benzene rings is 1. The van der Waals surface area contributed by atoms with E-state index in [4.69, 9.17) is 0 Å². The van der Waals surface area contributed by atoms with E-state index < -0.39 is 0 Å². The molecule has 0 aliphatic carbocycles. The van der Waals surface area contributed by atoms with E-state index in [1.54, 1.807) is 16.8 Å². The molecule has 0 radical (unpaired) electrons. The smallest absolute Gasteiger partial charge is 0.256 e. The van der Waals surface area contributed by atoms with Crippen molar-refractivity contribution in [3.8, 4) is 0 Å². The topological polar surface area (TPSA) is 82.8 Å². The van der Waals surface area contributed by atoms with Crippen LogP contribution in [-0.4, -0.2) is 44.8 Å². The molecule has 152 valence electrons. The fraction of sp³-hybridized carbons (Fsp3) is 0.409. The third-order valence-corrected chi connectivity index (χ3v) is 5.48. The van der Waals surface area contributed by atoms with E-state index in [1.165, 1.54) is 5.56 Å². The molecular formula is C22H27N5O2. The molecule has 4 rings (SSSR count). The summed E-state index contributed by atoms with van der Waals surface area (Å²) in [7, 11) is 0. The minimum absolute atomic E-state index is 0.0392. The van der Waals surface area contributed by atoms with Crippen molar-refractivity contribution in [2.75, 3.05) is 23.4 Å².